The number of likely N-dealkylation sites (N-methyl/N-ethyl adjacent to an activating group) is 1. The number of para-hydroxylation sites is 1. The fourth-order valence-electron chi connectivity index (χ4n) is 2.96. The van der Waals surface area contributed by atoms with E-state index in [1.165, 1.54) is 0 Å². The molecule has 21 heavy (non-hydrogen) atoms. The van der Waals surface area contributed by atoms with Gasteiger partial charge in [0.2, 0.25) is 0 Å². The molecule has 1 aromatic carbocycles. The first kappa shape index (κ1) is 15.6. The second kappa shape index (κ2) is 6.80. The number of carbonyl (C=O) groups excluding carboxylic acids is 1. The molecule has 1 fully saturated rings. The summed E-state index contributed by atoms with van der Waals surface area (Å²) in [5, 5.41) is 0. The molecule has 5 heteroatoms. The quantitative estimate of drug-likeness (QED) is 0.681. The molecule has 0 radical (unpaired) electrons. The van der Waals surface area contributed by atoms with Crippen LogP contribution in [0.2, 0.25) is 0 Å². The number of hydrogen-bond donors (Lipinski definition) is 1. The Hall–Kier alpha value is -1.75. The van der Waals surface area contributed by atoms with Crippen LogP contribution in [0, 0.1) is 0 Å². The van der Waals surface area contributed by atoms with Crippen LogP contribution in [0.15, 0.2) is 18.2 Å². The second-order valence-corrected chi connectivity index (χ2v) is 5.62. The highest BCUT2D eigenvalue weighted by Crippen LogP contribution is 2.31. The maximum absolute atomic E-state index is 12.2. The van der Waals surface area contributed by atoms with Gasteiger partial charge in [-0.15, -0.1) is 0 Å². The molecule has 0 bridgehead atoms. The normalized spacial score (nSPS) is 20.1. The number of nitrogens with two attached hydrogens (primary N) is 1. The van der Waals surface area contributed by atoms with Gasteiger partial charge in [-0.05, 0) is 46.0 Å². The minimum atomic E-state index is -0.301. The number of esters is 1. The molecule has 2 N–H and O–H groups in total. The number of rotatable bonds is 3. The molecule has 1 saturated heterocycles. The summed E-state index contributed by atoms with van der Waals surface area (Å²) in [5.74, 6) is -0.301. The predicted octanol–water partition coefficient (Wildman–Crippen LogP) is 1.98. The zero-order valence-electron chi connectivity index (χ0n) is 13.1. The molecular weight excluding hydrogens is 266 g/mol. The molecule has 1 aromatic rings. The molecule has 0 amide bonds. The van der Waals surface area contributed by atoms with E-state index in [4.69, 9.17) is 10.5 Å². The Morgan fingerprint density at radius 2 is 2.19 bits per heavy atom. The van der Waals surface area contributed by atoms with Crippen molar-refractivity contribution in [3.63, 3.8) is 0 Å². The van der Waals surface area contributed by atoms with Crippen LogP contribution in [0.4, 0.5) is 11.4 Å². The van der Waals surface area contributed by atoms with Crippen LogP contribution in [0.3, 0.4) is 0 Å². The number of nitrogen functional groups attached to an aromatic ring is 1. The van der Waals surface area contributed by atoms with Crippen molar-refractivity contribution in [3.8, 4) is 0 Å². The van der Waals surface area contributed by atoms with Crippen molar-refractivity contribution in [3.05, 3.63) is 23.8 Å². The smallest absolute Gasteiger partial charge is 0.340 e. The summed E-state index contributed by atoms with van der Waals surface area (Å²) in [7, 11) is 2.13. The zero-order valence-corrected chi connectivity index (χ0v) is 13.1. The van der Waals surface area contributed by atoms with E-state index in [0.717, 1.165) is 31.7 Å². The molecule has 0 spiro atoms. The van der Waals surface area contributed by atoms with Gasteiger partial charge in [-0.2, -0.15) is 0 Å². The number of benzene rings is 1. The first-order valence-corrected chi connectivity index (χ1v) is 7.55. The molecule has 1 unspecified atom stereocenters. The summed E-state index contributed by atoms with van der Waals surface area (Å²) in [6.45, 7) is 7.26. The molecule has 1 heterocycles. The minimum absolute atomic E-state index is 0.301. The summed E-state index contributed by atoms with van der Waals surface area (Å²) in [5.41, 5.74) is 8.19. The largest absolute Gasteiger partial charge is 0.462 e. The third kappa shape index (κ3) is 3.47. The average molecular weight is 291 g/mol. The van der Waals surface area contributed by atoms with E-state index in [9.17, 15) is 4.79 Å². The lowest BCUT2D eigenvalue weighted by Gasteiger charge is -2.32. The molecule has 0 saturated carbocycles. The number of ether oxygens (including phenoxy) is 1. The Labute approximate surface area is 126 Å². The lowest BCUT2D eigenvalue weighted by molar-refractivity contribution is 0.0527. The topological polar surface area (TPSA) is 58.8 Å². The van der Waals surface area contributed by atoms with E-state index < -0.39 is 0 Å². The molecule has 1 aliphatic heterocycles. The van der Waals surface area contributed by atoms with Gasteiger partial charge < -0.3 is 20.3 Å². The van der Waals surface area contributed by atoms with Gasteiger partial charge in [-0.25, -0.2) is 4.79 Å². The highest BCUT2D eigenvalue weighted by atomic mass is 16.5. The molecule has 0 aromatic heterocycles. The third-order valence-corrected chi connectivity index (χ3v) is 3.90. The van der Waals surface area contributed by atoms with E-state index in [2.05, 4.69) is 23.8 Å². The maximum atomic E-state index is 12.2. The third-order valence-electron chi connectivity index (χ3n) is 3.90. The van der Waals surface area contributed by atoms with Crippen LogP contribution in [0.5, 0.6) is 0 Å². The number of hydrogen-bond acceptors (Lipinski definition) is 5. The van der Waals surface area contributed by atoms with Gasteiger partial charge in [0.1, 0.15) is 0 Å². The standard InChI is InChI=1S/C16H25N3O2/c1-4-21-16(20)13-7-5-8-14(17)15(13)19-10-6-9-18(3)11-12(19)2/h5,7-8,12H,4,6,9-11,17H2,1-3H3. The molecular formula is C16H25N3O2. The van der Waals surface area contributed by atoms with Gasteiger partial charge in [-0.1, -0.05) is 6.07 Å². The summed E-state index contributed by atoms with van der Waals surface area (Å²) < 4.78 is 5.17. The monoisotopic (exact) mass is 291 g/mol. The highest BCUT2D eigenvalue weighted by molar-refractivity contribution is 5.99. The number of nitrogens with zero attached hydrogens (tertiary/aromatic N) is 2. The molecule has 2 rings (SSSR count). The Kier molecular flexibility index (Phi) is 5.07. The van der Waals surface area contributed by atoms with E-state index in [1.54, 1.807) is 12.1 Å². The second-order valence-electron chi connectivity index (χ2n) is 5.62. The van der Waals surface area contributed by atoms with Crippen molar-refractivity contribution in [2.45, 2.75) is 26.3 Å². The fourth-order valence-corrected chi connectivity index (χ4v) is 2.96. The van der Waals surface area contributed by atoms with Crippen molar-refractivity contribution in [1.29, 1.82) is 0 Å². The van der Waals surface area contributed by atoms with Crippen LogP contribution < -0.4 is 10.6 Å². The van der Waals surface area contributed by atoms with Gasteiger partial charge in [0.25, 0.3) is 0 Å². The fraction of sp³-hybridized carbons (Fsp3) is 0.562. The molecule has 116 valence electrons. The molecule has 1 atom stereocenters. The average Bonchev–Trinajstić information content (AvgIpc) is 2.59. The Morgan fingerprint density at radius 3 is 2.90 bits per heavy atom. The summed E-state index contributed by atoms with van der Waals surface area (Å²) in [6.07, 6.45) is 1.05. The van der Waals surface area contributed by atoms with Crippen LogP contribution in [-0.4, -0.2) is 50.2 Å². The Bertz CT molecular complexity index is 504. The molecule has 0 aliphatic carbocycles. The Morgan fingerprint density at radius 1 is 1.43 bits per heavy atom. The summed E-state index contributed by atoms with van der Waals surface area (Å²) in [6, 6.07) is 5.75. The van der Waals surface area contributed by atoms with E-state index >= 15 is 0 Å². The van der Waals surface area contributed by atoms with Crippen molar-refractivity contribution in [2.24, 2.45) is 0 Å². The van der Waals surface area contributed by atoms with Gasteiger partial charge in [0, 0.05) is 19.1 Å². The van der Waals surface area contributed by atoms with Crippen molar-refractivity contribution >= 4 is 17.3 Å². The van der Waals surface area contributed by atoms with E-state index in [-0.39, 0.29) is 5.97 Å². The van der Waals surface area contributed by atoms with Gasteiger partial charge >= 0.3 is 5.97 Å². The first-order chi connectivity index (χ1) is 10.0. The maximum Gasteiger partial charge on any atom is 0.340 e. The van der Waals surface area contributed by atoms with Gasteiger partial charge in [0.05, 0.1) is 23.5 Å². The van der Waals surface area contributed by atoms with E-state index in [0.29, 0.717) is 23.9 Å². The minimum Gasteiger partial charge on any atom is -0.462 e. The number of anilines is 2. The first-order valence-electron chi connectivity index (χ1n) is 7.55. The van der Waals surface area contributed by atoms with Crippen molar-refractivity contribution in [2.75, 3.05) is 43.9 Å². The molecule has 5 nitrogen and oxygen atoms in total. The SMILES string of the molecule is CCOC(=O)c1cccc(N)c1N1CCCN(C)CC1C. The van der Waals surface area contributed by atoms with Crippen LogP contribution >= 0.6 is 0 Å². The zero-order chi connectivity index (χ0) is 15.4. The predicted molar refractivity (Wildman–Crippen MR) is 85.7 cm³/mol. The summed E-state index contributed by atoms with van der Waals surface area (Å²) in [4.78, 5) is 16.8. The summed E-state index contributed by atoms with van der Waals surface area (Å²) >= 11 is 0. The van der Waals surface area contributed by atoms with Crippen LogP contribution in [-0.2, 0) is 4.74 Å². The van der Waals surface area contributed by atoms with Gasteiger partial charge in [-0.3, -0.25) is 0 Å². The number of carbonyl (C=O) groups is 1. The van der Waals surface area contributed by atoms with Crippen LogP contribution in [0.25, 0.3) is 0 Å². The highest BCUT2D eigenvalue weighted by Gasteiger charge is 2.26. The van der Waals surface area contributed by atoms with Gasteiger partial charge in [0.15, 0.2) is 0 Å². The van der Waals surface area contributed by atoms with Crippen LogP contribution in [0.1, 0.15) is 30.6 Å². The lowest BCUT2D eigenvalue weighted by Crippen LogP contribution is -2.39. The van der Waals surface area contributed by atoms with Crippen molar-refractivity contribution in [1.82, 2.24) is 4.90 Å². The lowest BCUT2D eigenvalue weighted by atomic mass is 10.1. The Balaban J connectivity index is 2.39. The molecule has 1 aliphatic rings. The van der Waals surface area contributed by atoms with Crippen molar-refractivity contribution < 1.29 is 9.53 Å². The van der Waals surface area contributed by atoms with E-state index in [1.807, 2.05) is 13.0 Å².